The first-order valence-corrected chi connectivity index (χ1v) is 12.7. The van der Waals surface area contributed by atoms with E-state index >= 15 is 0 Å². The summed E-state index contributed by atoms with van der Waals surface area (Å²) in [6, 6.07) is 18.4. The lowest BCUT2D eigenvalue weighted by Gasteiger charge is -2.37. The lowest BCUT2D eigenvalue weighted by Crippen LogP contribution is -2.29. The van der Waals surface area contributed by atoms with Crippen LogP contribution in [0.15, 0.2) is 77.7 Å². The van der Waals surface area contributed by atoms with Gasteiger partial charge in [-0.05, 0) is 84.5 Å². The number of hydrogen-bond donors (Lipinski definition) is 2. The van der Waals surface area contributed by atoms with Crippen molar-refractivity contribution in [3.8, 4) is 0 Å². The van der Waals surface area contributed by atoms with E-state index in [-0.39, 0.29) is 16.9 Å². The highest BCUT2D eigenvalue weighted by atomic mass is 35.5. The van der Waals surface area contributed by atoms with Crippen LogP contribution >= 0.6 is 23.2 Å². The van der Waals surface area contributed by atoms with Crippen LogP contribution in [0.5, 0.6) is 0 Å². The van der Waals surface area contributed by atoms with E-state index in [0.29, 0.717) is 21.7 Å². The van der Waals surface area contributed by atoms with Crippen molar-refractivity contribution in [3.63, 3.8) is 0 Å². The van der Waals surface area contributed by atoms with Gasteiger partial charge in [0.2, 0.25) is 0 Å². The molecule has 3 aromatic carbocycles. The minimum absolute atomic E-state index is 0.110. The van der Waals surface area contributed by atoms with E-state index in [9.17, 15) is 8.42 Å². The fraction of sp³-hybridized carbons (Fsp3) is 0.200. The molecule has 3 atom stereocenters. The van der Waals surface area contributed by atoms with Crippen LogP contribution in [0.3, 0.4) is 0 Å². The Balaban J connectivity index is 1.49. The molecule has 1 heterocycles. The Kier molecular flexibility index (Phi) is 5.44. The summed E-state index contributed by atoms with van der Waals surface area (Å²) < 4.78 is 29.0. The van der Waals surface area contributed by atoms with Gasteiger partial charge in [0.15, 0.2) is 0 Å². The van der Waals surface area contributed by atoms with Crippen LogP contribution < -0.4 is 10.0 Å². The van der Waals surface area contributed by atoms with Gasteiger partial charge >= 0.3 is 0 Å². The van der Waals surface area contributed by atoms with Gasteiger partial charge in [0, 0.05) is 21.7 Å². The van der Waals surface area contributed by atoms with Gasteiger partial charge in [-0.2, -0.15) is 0 Å². The SMILES string of the molecule is Cc1cc(Cl)ccc1NS(=O)(=O)c1ccc2c(c1)[C@H]1C=CC[C@@H]1[C@H](c1cccc(Cl)c1)N2. The maximum absolute atomic E-state index is 13.1. The fourth-order valence-corrected chi connectivity index (χ4v) is 6.31. The van der Waals surface area contributed by atoms with Crippen molar-refractivity contribution in [1.29, 1.82) is 0 Å². The third-order valence-corrected chi connectivity index (χ3v) is 8.12. The Labute approximate surface area is 198 Å². The molecule has 1 aliphatic carbocycles. The van der Waals surface area contributed by atoms with Crippen LogP contribution in [0, 0.1) is 12.8 Å². The van der Waals surface area contributed by atoms with Gasteiger partial charge in [0.1, 0.15) is 0 Å². The number of rotatable bonds is 4. The summed E-state index contributed by atoms with van der Waals surface area (Å²) in [5, 5.41) is 4.91. The maximum atomic E-state index is 13.1. The lowest BCUT2D eigenvalue weighted by atomic mass is 9.77. The summed E-state index contributed by atoms with van der Waals surface area (Å²) in [5.41, 5.74) is 4.37. The van der Waals surface area contributed by atoms with Crippen molar-refractivity contribution in [1.82, 2.24) is 0 Å². The number of allylic oxidation sites excluding steroid dienone is 2. The molecule has 3 aromatic rings. The Morgan fingerprint density at radius 1 is 1.00 bits per heavy atom. The van der Waals surface area contributed by atoms with Crippen LogP contribution in [0.25, 0.3) is 0 Å². The van der Waals surface area contributed by atoms with Crippen LogP contribution in [0.2, 0.25) is 10.0 Å². The predicted molar refractivity (Wildman–Crippen MR) is 131 cm³/mol. The zero-order valence-electron chi connectivity index (χ0n) is 17.3. The van der Waals surface area contributed by atoms with E-state index < -0.39 is 10.0 Å². The van der Waals surface area contributed by atoms with E-state index in [1.54, 1.807) is 30.3 Å². The normalized spacial score (nSPS) is 21.5. The molecule has 0 radical (unpaired) electrons. The first-order valence-electron chi connectivity index (χ1n) is 10.4. The Morgan fingerprint density at radius 2 is 1.81 bits per heavy atom. The second-order valence-electron chi connectivity index (χ2n) is 8.34. The summed E-state index contributed by atoms with van der Waals surface area (Å²) in [4.78, 5) is 0.243. The molecule has 0 fully saturated rings. The van der Waals surface area contributed by atoms with Crippen molar-refractivity contribution >= 4 is 44.6 Å². The molecule has 0 bridgehead atoms. The van der Waals surface area contributed by atoms with Gasteiger partial charge in [0.05, 0.1) is 16.6 Å². The lowest BCUT2D eigenvalue weighted by molar-refractivity contribution is 0.425. The molecule has 0 unspecified atom stereocenters. The number of aryl methyl sites for hydroxylation is 1. The second kappa shape index (κ2) is 8.14. The summed E-state index contributed by atoms with van der Waals surface area (Å²) in [5.74, 6) is 0.438. The summed E-state index contributed by atoms with van der Waals surface area (Å²) >= 11 is 12.2. The van der Waals surface area contributed by atoms with Gasteiger partial charge in [-0.25, -0.2) is 8.42 Å². The molecule has 0 saturated heterocycles. The molecule has 2 N–H and O–H groups in total. The number of halogens is 2. The molecule has 1 aliphatic heterocycles. The first-order chi connectivity index (χ1) is 15.3. The molecular formula is C25H22Cl2N2O2S. The zero-order valence-corrected chi connectivity index (χ0v) is 19.7. The second-order valence-corrected chi connectivity index (χ2v) is 10.9. The highest BCUT2D eigenvalue weighted by molar-refractivity contribution is 7.92. The van der Waals surface area contributed by atoms with Crippen LogP contribution in [-0.4, -0.2) is 8.42 Å². The molecule has 7 heteroatoms. The largest absolute Gasteiger partial charge is 0.378 e. The molecule has 0 spiro atoms. The summed E-state index contributed by atoms with van der Waals surface area (Å²) in [6.07, 6.45) is 5.29. The Hall–Kier alpha value is -2.47. The van der Waals surface area contributed by atoms with E-state index in [4.69, 9.17) is 23.2 Å². The molecule has 2 aliphatic rings. The van der Waals surface area contributed by atoms with Crippen molar-refractivity contribution in [2.45, 2.75) is 30.2 Å². The fourth-order valence-electron chi connectivity index (χ4n) is 4.71. The van der Waals surface area contributed by atoms with Gasteiger partial charge in [0.25, 0.3) is 10.0 Å². The molecule has 5 rings (SSSR count). The van der Waals surface area contributed by atoms with E-state index in [1.165, 1.54) is 0 Å². The maximum Gasteiger partial charge on any atom is 0.261 e. The molecular weight excluding hydrogens is 463 g/mol. The summed E-state index contributed by atoms with van der Waals surface area (Å²) in [6.45, 7) is 1.82. The smallest absolute Gasteiger partial charge is 0.261 e. The van der Waals surface area contributed by atoms with E-state index in [2.05, 4.69) is 28.3 Å². The van der Waals surface area contributed by atoms with Crippen LogP contribution in [0.4, 0.5) is 11.4 Å². The van der Waals surface area contributed by atoms with Gasteiger partial charge < -0.3 is 5.32 Å². The molecule has 4 nitrogen and oxygen atoms in total. The third kappa shape index (κ3) is 3.90. The van der Waals surface area contributed by atoms with E-state index in [1.807, 2.05) is 31.2 Å². The van der Waals surface area contributed by atoms with Crippen molar-refractivity contribution in [2.24, 2.45) is 5.92 Å². The predicted octanol–water partition coefficient (Wildman–Crippen LogP) is 6.93. The summed E-state index contributed by atoms with van der Waals surface area (Å²) in [7, 11) is -3.74. The van der Waals surface area contributed by atoms with Crippen molar-refractivity contribution in [3.05, 3.63) is 99.6 Å². The van der Waals surface area contributed by atoms with E-state index in [0.717, 1.165) is 28.8 Å². The highest BCUT2D eigenvalue weighted by Crippen LogP contribution is 2.50. The molecule has 0 saturated carbocycles. The first kappa shape index (κ1) is 21.4. The zero-order chi connectivity index (χ0) is 22.5. The number of fused-ring (bicyclic) bond motifs is 3. The Morgan fingerprint density at radius 3 is 2.59 bits per heavy atom. The van der Waals surface area contributed by atoms with Gasteiger partial charge in [-0.1, -0.05) is 47.5 Å². The number of anilines is 2. The average Bonchev–Trinajstić information content (AvgIpc) is 3.25. The number of hydrogen-bond acceptors (Lipinski definition) is 3. The average molecular weight is 485 g/mol. The topological polar surface area (TPSA) is 58.2 Å². The number of benzene rings is 3. The molecule has 164 valence electrons. The quantitative estimate of drug-likeness (QED) is 0.394. The van der Waals surface area contributed by atoms with Gasteiger partial charge in [-0.3, -0.25) is 4.72 Å². The minimum Gasteiger partial charge on any atom is -0.378 e. The molecule has 0 aromatic heterocycles. The molecule has 32 heavy (non-hydrogen) atoms. The van der Waals surface area contributed by atoms with Crippen LogP contribution in [0.1, 0.15) is 35.1 Å². The molecule has 0 amide bonds. The standard InChI is InChI=1S/C25H22Cl2N2O2S/c1-15-12-18(27)8-10-23(15)29-32(30,31)19-9-11-24-22(14-19)20-6-3-7-21(20)25(28-24)16-4-2-5-17(26)13-16/h2-6,8-14,20-21,25,28-29H,7H2,1H3/t20-,21-,25-/m0/s1. The van der Waals surface area contributed by atoms with Crippen LogP contribution in [-0.2, 0) is 10.0 Å². The number of nitrogens with one attached hydrogen (secondary N) is 2. The van der Waals surface area contributed by atoms with Crippen molar-refractivity contribution in [2.75, 3.05) is 10.0 Å². The minimum atomic E-state index is -3.74. The third-order valence-electron chi connectivity index (χ3n) is 6.29. The highest BCUT2D eigenvalue weighted by Gasteiger charge is 2.38. The number of sulfonamides is 1. The Bertz CT molecular complexity index is 1340. The van der Waals surface area contributed by atoms with Gasteiger partial charge in [-0.15, -0.1) is 0 Å². The van der Waals surface area contributed by atoms with Crippen molar-refractivity contribution < 1.29 is 8.42 Å². The monoisotopic (exact) mass is 484 g/mol.